The number of imide groups is 1. The molecule has 0 aromatic heterocycles. The summed E-state index contributed by atoms with van der Waals surface area (Å²) in [6.45, 7) is 0.822. The summed E-state index contributed by atoms with van der Waals surface area (Å²) >= 11 is 0. The third kappa shape index (κ3) is 3.03. The molecule has 1 aromatic rings. The zero-order chi connectivity index (χ0) is 15.6. The number of para-hydroxylation sites is 1. The summed E-state index contributed by atoms with van der Waals surface area (Å²) < 4.78 is 5.32. The Morgan fingerprint density at radius 2 is 2.00 bits per heavy atom. The van der Waals surface area contributed by atoms with Gasteiger partial charge in [-0.3, -0.25) is 10.1 Å². The number of nitrogens with zero attached hydrogens (tertiary/aromatic N) is 1. The molecule has 1 atom stereocenters. The highest BCUT2D eigenvalue weighted by molar-refractivity contribution is 5.98. The van der Waals surface area contributed by atoms with E-state index in [1.807, 2.05) is 6.07 Å². The molecule has 7 heteroatoms. The van der Waals surface area contributed by atoms with E-state index in [4.69, 9.17) is 4.74 Å². The monoisotopic (exact) mass is 303 g/mol. The Morgan fingerprint density at radius 3 is 2.73 bits per heavy atom. The summed E-state index contributed by atoms with van der Waals surface area (Å²) in [4.78, 5) is 36.9. The number of likely N-dealkylation sites (tertiary alicyclic amines) is 1. The number of nitrogens with one attached hydrogen (secondary N) is 2. The van der Waals surface area contributed by atoms with Gasteiger partial charge in [0.25, 0.3) is 0 Å². The molecule has 1 aromatic carbocycles. The molecular weight excluding hydrogens is 286 g/mol. The Labute approximate surface area is 127 Å². The highest BCUT2D eigenvalue weighted by atomic mass is 16.6. The van der Waals surface area contributed by atoms with Crippen LogP contribution in [0.25, 0.3) is 0 Å². The largest absolute Gasteiger partial charge is 0.415 e. The van der Waals surface area contributed by atoms with Crippen molar-refractivity contribution in [2.24, 2.45) is 0 Å². The van der Waals surface area contributed by atoms with E-state index in [0.29, 0.717) is 25.1 Å². The van der Waals surface area contributed by atoms with Gasteiger partial charge in [-0.2, -0.15) is 0 Å². The number of carbonyl (C=O) groups excluding carboxylic acids is 3. The van der Waals surface area contributed by atoms with Crippen LogP contribution in [0, 0.1) is 0 Å². The van der Waals surface area contributed by atoms with Crippen molar-refractivity contribution in [1.29, 1.82) is 0 Å². The van der Waals surface area contributed by atoms with Crippen molar-refractivity contribution in [3.05, 3.63) is 30.3 Å². The van der Waals surface area contributed by atoms with Crippen LogP contribution in [0.1, 0.15) is 19.3 Å². The maximum atomic E-state index is 12.2. The molecule has 2 aliphatic rings. The Hall–Kier alpha value is -2.57. The van der Waals surface area contributed by atoms with Gasteiger partial charge in [0.1, 0.15) is 5.75 Å². The van der Waals surface area contributed by atoms with Gasteiger partial charge in [-0.1, -0.05) is 18.2 Å². The van der Waals surface area contributed by atoms with Gasteiger partial charge in [-0.25, -0.2) is 9.59 Å². The van der Waals surface area contributed by atoms with Crippen molar-refractivity contribution >= 4 is 18.0 Å². The van der Waals surface area contributed by atoms with Gasteiger partial charge in [-0.15, -0.1) is 0 Å². The van der Waals surface area contributed by atoms with E-state index in [0.717, 1.165) is 0 Å². The standard InChI is InChI=1S/C15H17N3O4/c19-12-9-15(17-13(20)16-12)7-4-8-18(10-15)14(21)22-11-5-2-1-3-6-11/h1-3,5-6H,4,7-10H2,(H2,16,17,19,20). The first-order valence-corrected chi connectivity index (χ1v) is 7.20. The summed E-state index contributed by atoms with van der Waals surface area (Å²) in [5, 5.41) is 5.00. The van der Waals surface area contributed by atoms with Crippen LogP contribution in [-0.4, -0.2) is 41.6 Å². The fraction of sp³-hybridized carbons (Fsp3) is 0.400. The minimum Gasteiger partial charge on any atom is -0.410 e. The summed E-state index contributed by atoms with van der Waals surface area (Å²) in [6.07, 6.45) is 1.08. The number of hydrogen-bond donors (Lipinski definition) is 2. The van der Waals surface area contributed by atoms with Gasteiger partial charge < -0.3 is 15.0 Å². The van der Waals surface area contributed by atoms with Crippen molar-refractivity contribution in [1.82, 2.24) is 15.5 Å². The fourth-order valence-electron chi connectivity index (χ4n) is 2.98. The lowest BCUT2D eigenvalue weighted by Crippen LogP contribution is -2.67. The molecule has 3 rings (SSSR count). The molecule has 2 N–H and O–H groups in total. The average Bonchev–Trinajstić information content (AvgIpc) is 2.47. The van der Waals surface area contributed by atoms with E-state index >= 15 is 0 Å². The van der Waals surface area contributed by atoms with Crippen LogP contribution < -0.4 is 15.4 Å². The molecule has 116 valence electrons. The molecule has 22 heavy (non-hydrogen) atoms. The SMILES string of the molecule is O=C1CC2(CCCN(C(=O)Oc3ccccc3)C2)NC(=O)N1. The second kappa shape index (κ2) is 5.67. The summed E-state index contributed by atoms with van der Waals surface area (Å²) in [7, 11) is 0. The van der Waals surface area contributed by atoms with Crippen LogP contribution in [0.4, 0.5) is 9.59 Å². The Bertz CT molecular complexity index is 586. The lowest BCUT2D eigenvalue weighted by molar-refractivity contribution is -0.123. The zero-order valence-electron chi connectivity index (χ0n) is 12.0. The van der Waals surface area contributed by atoms with E-state index in [1.54, 1.807) is 24.3 Å². The van der Waals surface area contributed by atoms with Crippen molar-refractivity contribution in [2.45, 2.75) is 24.8 Å². The van der Waals surface area contributed by atoms with Crippen LogP contribution in [0.5, 0.6) is 5.75 Å². The van der Waals surface area contributed by atoms with Crippen LogP contribution in [0.15, 0.2) is 30.3 Å². The first kappa shape index (κ1) is 14.4. The number of benzene rings is 1. The molecule has 0 aliphatic carbocycles. The average molecular weight is 303 g/mol. The van der Waals surface area contributed by atoms with Gasteiger partial charge >= 0.3 is 12.1 Å². The predicted octanol–water partition coefficient (Wildman–Crippen LogP) is 1.25. The molecule has 0 radical (unpaired) electrons. The topological polar surface area (TPSA) is 87.7 Å². The van der Waals surface area contributed by atoms with Crippen LogP contribution >= 0.6 is 0 Å². The Kier molecular flexibility index (Phi) is 3.70. The van der Waals surface area contributed by atoms with Crippen molar-refractivity contribution in [2.75, 3.05) is 13.1 Å². The molecule has 0 saturated carbocycles. The third-order valence-corrected chi connectivity index (χ3v) is 3.91. The fourth-order valence-corrected chi connectivity index (χ4v) is 2.98. The van der Waals surface area contributed by atoms with E-state index in [1.165, 1.54) is 4.90 Å². The van der Waals surface area contributed by atoms with E-state index in [9.17, 15) is 14.4 Å². The highest BCUT2D eigenvalue weighted by Gasteiger charge is 2.43. The minimum absolute atomic E-state index is 0.174. The number of rotatable bonds is 1. The molecule has 2 saturated heterocycles. The minimum atomic E-state index is -0.687. The second-order valence-corrected chi connectivity index (χ2v) is 5.67. The summed E-state index contributed by atoms with van der Waals surface area (Å²) in [6, 6.07) is 8.30. The molecule has 2 aliphatic heterocycles. The van der Waals surface area contributed by atoms with Crippen molar-refractivity contribution in [3.63, 3.8) is 0 Å². The van der Waals surface area contributed by atoms with Crippen LogP contribution in [-0.2, 0) is 4.79 Å². The maximum Gasteiger partial charge on any atom is 0.415 e. The predicted molar refractivity (Wildman–Crippen MR) is 77.3 cm³/mol. The van der Waals surface area contributed by atoms with Gasteiger partial charge in [0.15, 0.2) is 0 Å². The van der Waals surface area contributed by atoms with Gasteiger partial charge in [0, 0.05) is 13.1 Å². The highest BCUT2D eigenvalue weighted by Crippen LogP contribution is 2.27. The Balaban J connectivity index is 1.69. The van der Waals surface area contributed by atoms with Gasteiger partial charge in [0.05, 0.1) is 12.0 Å². The molecule has 4 amide bonds. The number of urea groups is 1. The molecule has 7 nitrogen and oxygen atoms in total. The van der Waals surface area contributed by atoms with Crippen LogP contribution in [0.3, 0.4) is 0 Å². The number of piperidine rings is 1. The number of carbonyl (C=O) groups is 3. The third-order valence-electron chi connectivity index (χ3n) is 3.91. The first-order valence-electron chi connectivity index (χ1n) is 7.20. The second-order valence-electron chi connectivity index (χ2n) is 5.67. The molecule has 1 spiro atoms. The van der Waals surface area contributed by atoms with Crippen molar-refractivity contribution < 1.29 is 19.1 Å². The lowest BCUT2D eigenvalue weighted by Gasteiger charge is -2.44. The van der Waals surface area contributed by atoms with Gasteiger partial charge in [0.2, 0.25) is 5.91 Å². The zero-order valence-corrected chi connectivity index (χ0v) is 12.0. The van der Waals surface area contributed by atoms with E-state index < -0.39 is 17.7 Å². The normalized spacial score (nSPS) is 24.6. The van der Waals surface area contributed by atoms with Crippen LogP contribution in [0.2, 0.25) is 0 Å². The molecule has 2 fully saturated rings. The summed E-state index contributed by atoms with van der Waals surface area (Å²) in [5.41, 5.74) is -0.687. The lowest BCUT2D eigenvalue weighted by atomic mass is 9.84. The molecule has 1 unspecified atom stereocenters. The van der Waals surface area contributed by atoms with Crippen molar-refractivity contribution in [3.8, 4) is 5.75 Å². The number of hydrogen-bond acceptors (Lipinski definition) is 4. The number of ether oxygens (including phenoxy) is 1. The van der Waals surface area contributed by atoms with E-state index in [2.05, 4.69) is 10.6 Å². The number of amides is 4. The van der Waals surface area contributed by atoms with Gasteiger partial charge in [-0.05, 0) is 25.0 Å². The maximum absolute atomic E-state index is 12.2. The molecular formula is C15H17N3O4. The quantitative estimate of drug-likeness (QED) is 0.817. The first-order chi connectivity index (χ1) is 10.6. The molecule has 0 bridgehead atoms. The summed E-state index contributed by atoms with van der Waals surface area (Å²) in [5.74, 6) is 0.152. The smallest absolute Gasteiger partial charge is 0.410 e. The molecule has 2 heterocycles. The van der Waals surface area contributed by atoms with E-state index in [-0.39, 0.29) is 18.9 Å². The Morgan fingerprint density at radius 1 is 1.23 bits per heavy atom.